The minimum atomic E-state index is -1.32. The van der Waals surface area contributed by atoms with E-state index in [4.69, 9.17) is 0 Å². The summed E-state index contributed by atoms with van der Waals surface area (Å²) in [7, 11) is 0. The Labute approximate surface area is 171 Å². The Balaban J connectivity index is 1.50. The van der Waals surface area contributed by atoms with Crippen molar-refractivity contribution in [3.63, 3.8) is 0 Å². The smallest absolute Gasteiger partial charge is 0.194 e. The van der Waals surface area contributed by atoms with Gasteiger partial charge in [0.25, 0.3) is 0 Å². The molecule has 0 bridgehead atoms. The van der Waals surface area contributed by atoms with Crippen molar-refractivity contribution in [2.75, 3.05) is 0 Å². The summed E-state index contributed by atoms with van der Waals surface area (Å²) in [6.45, 7) is 2.12. The molecule has 2 saturated carbocycles. The Morgan fingerprint density at radius 2 is 1.72 bits per heavy atom. The fraction of sp³-hybridized carbons (Fsp3) is 0.480. The molecule has 0 saturated heterocycles. The van der Waals surface area contributed by atoms with Crippen molar-refractivity contribution in [1.29, 1.82) is 0 Å². The highest BCUT2D eigenvalue weighted by Crippen LogP contribution is 2.65. The van der Waals surface area contributed by atoms with Gasteiger partial charge in [-0.1, -0.05) is 37.3 Å². The highest BCUT2D eigenvalue weighted by molar-refractivity contribution is 6.03. The van der Waals surface area contributed by atoms with Crippen LogP contribution in [0.3, 0.4) is 0 Å². The lowest BCUT2D eigenvalue weighted by atomic mass is 9.52. The van der Waals surface area contributed by atoms with Crippen molar-refractivity contribution in [3.05, 3.63) is 59.2 Å². The number of carbonyl (C=O) groups excluding carboxylic acids is 1. The molecule has 0 radical (unpaired) electrons. The standard InChI is InChI=1S/C25H28O4/c1-24-11-9-17-18(8-7-16-13-21(26)22(27)14-19(16)17)20(24)10-12-25(24,29)23(28)15-5-3-2-4-6-15/h2-6,13-14,17-18,20,26-27,29H,7-12H2,1H3/t17-,18+,20-,24-,25?/m0/s1. The van der Waals surface area contributed by atoms with Gasteiger partial charge in [-0.2, -0.15) is 0 Å². The first-order valence-electron chi connectivity index (χ1n) is 10.7. The van der Waals surface area contributed by atoms with Crippen LogP contribution in [0.15, 0.2) is 42.5 Å². The van der Waals surface area contributed by atoms with Gasteiger partial charge < -0.3 is 15.3 Å². The number of aryl methyl sites for hydroxylation is 1. The molecule has 1 unspecified atom stereocenters. The number of carbonyl (C=O) groups is 1. The highest BCUT2D eigenvalue weighted by Gasteiger charge is 2.64. The van der Waals surface area contributed by atoms with E-state index in [9.17, 15) is 20.1 Å². The lowest BCUT2D eigenvalue weighted by Gasteiger charge is -2.52. The molecule has 5 rings (SSSR count). The molecule has 2 fully saturated rings. The maximum atomic E-state index is 13.4. The summed E-state index contributed by atoms with van der Waals surface area (Å²) in [4.78, 5) is 13.4. The second kappa shape index (κ2) is 6.33. The van der Waals surface area contributed by atoms with Crippen LogP contribution in [-0.4, -0.2) is 26.7 Å². The van der Waals surface area contributed by atoms with E-state index < -0.39 is 11.0 Å². The molecule has 0 aliphatic heterocycles. The first kappa shape index (κ1) is 18.7. The van der Waals surface area contributed by atoms with E-state index in [2.05, 4.69) is 6.92 Å². The van der Waals surface area contributed by atoms with Crippen molar-refractivity contribution in [3.8, 4) is 11.5 Å². The van der Waals surface area contributed by atoms with Crippen LogP contribution < -0.4 is 0 Å². The molecule has 4 nitrogen and oxygen atoms in total. The normalized spacial score (nSPS) is 35.4. The number of aliphatic hydroxyl groups is 1. The number of ketones is 1. The minimum absolute atomic E-state index is 0.0495. The van der Waals surface area contributed by atoms with E-state index >= 15 is 0 Å². The lowest BCUT2D eigenvalue weighted by Crippen LogP contribution is -2.55. The van der Waals surface area contributed by atoms with E-state index in [1.165, 1.54) is 0 Å². The van der Waals surface area contributed by atoms with E-state index in [1.54, 1.807) is 24.3 Å². The molecule has 2 aromatic rings. The Bertz CT molecular complexity index is 968. The summed E-state index contributed by atoms with van der Waals surface area (Å²) < 4.78 is 0. The Hall–Kier alpha value is -2.33. The van der Waals surface area contributed by atoms with Crippen molar-refractivity contribution < 1.29 is 20.1 Å². The topological polar surface area (TPSA) is 77.8 Å². The molecule has 29 heavy (non-hydrogen) atoms. The van der Waals surface area contributed by atoms with Crippen LogP contribution in [0.2, 0.25) is 0 Å². The Morgan fingerprint density at radius 3 is 2.48 bits per heavy atom. The largest absolute Gasteiger partial charge is 0.504 e. The van der Waals surface area contributed by atoms with Gasteiger partial charge in [-0.3, -0.25) is 4.79 Å². The highest BCUT2D eigenvalue weighted by atomic mass is 16.3. The van der Waals surface area contributed by atoms with Gasteiger partial charge in [0.1, 0.15) is 5.60 Å². The van der Waals surface area contributed by atoms with Gasteiger partial charge in [0.05, 0.1) is 0 Å². The van der Waals surface area contributed by atoms with Gasteiger partial charge in [-0.25, -0.2) is 0 Å². The molecule has 3 aliphatic carbocycles. The number of aromatic hydroxyl groups is 2. The Morgan fingerprint density at radius 1 is 1.00 bits per heavy atom. The molecule has 0 aromatic heterocycles. The van der Waals surface area contributed by atoms with Crippen molar-refractivity contribution in [1.82, 2.24) is 0 Å². The molecular formula is C25H28O4. The molecule has 4 heteroatoms. The van der Waals surface area contributed by atoms with Gasteiger partial charge in [0.15, 0.2) is 17.3 Å². The molecule has 0 spiro atoms. The second-order valence-corrected chi connectivity index (χ2v) is 9.51. The van der Waals surface area contributed by atoms with E-state index in [0.717, 1.165) is 43.2 Å². The third-order valence-corrected chi connectivity index (χ3v) is 8.38. The van der Waals surface area contributed by atoms with Crippen LogP contribution in [0.4, 0.5) is 0 Å². The van der Waals surface area contributed by atoms with Crippen molar-refractivity contribution >= 4 is 5.78 Å². The number of rotatable bonds is 2. The summed E-state index contributed by atoms with van der Waals surface area (Å²) in [5, 5.41) is 31.6. The fourth-order valence-electron chi connectivity index (χ4n) is 6.81. The van der Waals surface area contributed by atoms with Gasteiger partial charge in [0.2, 0.25) is 0 Å². The summed E-state index contributed by atoms with van der Waals surface area (Å²) in [6.07, 6.45) is 4.90. The number of hydrogen-bond donors (Lipinski definition) is 3. The molecule has 3 N–H and O–H groups in total. The Kier molecular flexibility index (Phi) is 4.08. The van der Waals surface area contributed by atoms with Gasteiger partial charge in [-0.15, -0.1) is 0 Å². The van der Waals surface area contributed by atoms with E-state index in [0.29, 0.717) is 23.8 Å². The zero-order chi connectivity index (χ0) is 20.4. The minimum Gasteiger partial charge on any atom is -0.504 e. The quantitative estimate of drug-likeness (QED) is 0.517. The van der Waals surface area contributed by atoms with Crippen LogP contribution in [0, 0.1) is 17.3 Å². The predicted molar refractivity (Wildman–Crippen MR) is 110 cm³/mol. The molecule has 152 valence electrons. The first-order chi connectivity index (χ1) is 13.8. The van der Waals surface area contributed by atoms with Crippen molar-refractivity contribution in [2.45, 2.75) is 57.0 Å². The molecule has 5 atom stereocenters. The van der Waals surface area contributed by atoms with Crippen LogP contribution in [0.1, 0.15) is 66.4 Å². The van der Waals surface area contributed by atoms with Crippen LogP contribution >= 0.6 is 0 Å². The fourth-order valence-corrected chi connectivity index (χ4v) is 6.81. The van der Waals surface area contributed by atoms with Gasteiger partial charge >= 0.3 is 0 Å². The summed E-state index contributed by atoms with van der Waals surface area (Å²) in [6, 6.07) is 12.6. The van der Waals surface area contributed by atoms with Gasteiger partial charge in [0, 0.05) is 11.0 Å². The first-order valence-corrected chi connectivity index (χ1v) is 10.7. The molecule has 0 amide bonds. The second-order valence-electron chi connectivity index (χ2n) is 9.51. The summed E-state index contributed by atoms with van der Waals surface area (Å²) in [5.41, 5.74) is 1.11. The molecule has 0 heterocycles. The predicted octanol–water partition coefficient (Wildman–Crippen LogP) is 4.57. The van der Waals surface area contributed by atoms with Gasteiger partial charge in [-0.05, 0) is 79.5 Å². The van der Waals surface area contributed by atoms with E-state index in [-0.39, 0.29) is 23.2 Å². The SMILES string of the molecule is C[C@]12CC[C@@H]3c4cc(O)c(O)cc4CC[C@H]3[C@@H]1CCC2(O)C(=O)c1ccccc1. The average molecular weight is 392 g/mol. The summed E-state index contributed by atoms with van der Waals surface area (Å²) >= 11 is 0. The number of phenols is 2. The maximum absolute atomic E-state index is 13.4. The molecule has 2 aromatic carbocycles. The monoisotopic (exact) mass is 392 g/mol. The zero-order valence-corrected chi connectivity index (χ0v) is 16.8. The number of Topliss-reactive ketones (excluding diaryl/α,β-unsaturated/α-hetero) is 1. The number of phenolic OH excluding ortho intramolecular Hbond substituents is 2. The maximum Gasteiger partial charge on any atom is 0.194 e. The van der Waals surface area contributed by atoms with Crippen LogP contribution in [0.25, 0.3) is 0 Å². The third kappa shape index (κ3) is 2.51. The lowest BCUT2D eigenvalue weighted by molar-refractivity contribution is -0.0773. The number of benzene rings is 2. The average Bonchev–Trinajstić information content (AvgIpc) is 3.01. The molecular weight excluding hydrogens is 364 g/mol. The van der Waals surface area contributed by atoms with Crippen LogP contribution in [-0.2, 0) is 6.42 Å². The third-order valence-electron chi connectivity index (χ3n) is 8.38. The number of hydrogen-bond acceptors (Lipinski definition) is 4. The van der Waals surface area contributed by atoms with Crippen molar-refractivity contribution in [2.24, 2.45) is 17.3 Å². The number of fused-ring (bicyclic) bond motifs is 5. The zero-order valence-electron chi connectivity index (χ0n) is 16.8. The van der Waals surface area contributed by atoms with Crippen LogP contribution in [0.5, 0.6) is 11.5 Å². The molecule has 3 aliphatic rings. The summed E-state index contributed by atoms with van der Waals surface area (Å²) in [5.74, 6) is 0.745. The van der Waals surface area contributed by atoms with E-state index in [1.807, 2.05) is 18.2 Å².